The molecule has 1 aliphatic heterocycles. The molecule has 1 heterocycles. The van der Waals surface area contributed by atoms with Crippen LogP contribution in [0.2, 0.25) is 0 Å². The Labute approximate surface area is 199 Å². The predicted octanol–water partition coefficient (Wildman–Crippen LogP) is 5.73. The third kappa shape index (κ3) is 4.76. The molecule has 0 saturated carbocycles. The van der Waals surface area contributed by atoms with Gasteiger partial charge in [0.25, 0.3) is 0 Å². The molecule has 0 radical (unpaired) electrons. The normalized spacial score (nSPS) is 13.6. The van der Waals surface area contributed by atoms with E-state index in [1.54, 1.807) is 45.6 Å². The van der Waals surface area contributed by atoms with E-state index in [-0.39, 0.29) is 11.5 Å². The summed E-state index contributed by atoms with van der Waals surface area (Å²) in [6, 6.07) is 17.1. The van der Waals surface area contributed by atoms with Gasteiger partial charge in [-0.05, 0) is 54.0 Å². The molecule has 0 aromatic heterocycles. The number of aryl methyl sites for hydroxylation is 1. The molecule has 3 aromatic rings. The zero-order chi connectivity index (χ0) is 24.1. The van der Waals surface area contributed by atoms with E-state index in [2.05, 4.69) is 0 Å². The second-order valence-corrected chi connectivity index (χ2v) is 7.64. The van der Waals surface area contributed by atoms with Gasteiger partial charge in [0, 0.05) is 6.07 Å². The molecule has 0 atom stereocenters. The van der Waals surface area contributed by atoms with Gasteiger partial charge in [-0.1, -0.05) is 36.4 Å². The van der Waals surface area contributed by atoms with Crippen LogP contribution in [0.1, 0.15) is 27.0 Å². The largest absolute Gasteiger partial charge is 0.493 e. The number of methoxy groups -OCH3 is 3. The number of allylic oxidation sites excluding steroid dienone is 1. The Morgan fingerprint density at radius 3 is 2.24 bits per heavy atom. The fourth-order valence-electron chi connectivity index (χ4n) is 3.79. The molecule has 6 heteroatoms. The van der Waals surface area contributed by atoms with Crippen molar-refractivity contribution in [1.82, 2.24) is 0 Å². The molecular weight excluding hydrogens is 432 g/mol. The number of ketones is 1. The third-order valence-electron chi connectivity index (χ3n) is 5.38. The first-order chi connectivity index (χ1) is 16.5. The van der Waals surface area contributed by atoms with Crippen LogP contribution in [0.3, 0.4) is 0 Å². The number of rotatable bonds is 8. The van der Waals surface area contributed by atoms with E-state index in [1.807, 2.05) is 55.5 Å². The van der Waals surface area contributed by atoms with Crippen molar-refractivity contribution in [2.24, 2.45) is 0 Å². The Hall–Kier alpha value is -4.19. The molecule has 0 saturated heterocycles. The third-order valence-corrected chi connectivity index (χ3v) is 5.38. The van der Waals surface area contributed by atoms with Gasteiger partial charge in [0.2, 0.25) is 11.5 Å². The topological polar surface area (TPSA) is 63.2 Å². The summed E-state index contributed by atoms with van der Waals surface area (Å²) in [6.07, 6.45) is 5.60. The minimum atomic E-state index is -0.184. The number of carbonyl (C=O) groups excluding carboxylic acids is 1. The molecule has 3 aromatic carbocycles. The van der Waals surface area contributed by atoms with E-state index in [9.17, 15) is 4.79 Å². The summed E-state index contributed by atoms with van der Waals surface area (Å²) in [5.41, 5.74) is 3.11. The van der Waals surface area contributed by atoms with Crippen LogP contribution < -0.4 is 23.7 Å². The summed E-state index contributed by atoms with van der Waals surface area (Å²) in [6.45, 7) is 2.27. The molecule has 6 nitrogen and oxygen atoms in total. The van der Waals surface area contributed by atoms with Crippen LogP contribution in [0.5, 0.6) is 28.7 Å². The summed E-state index contributed by atoms with van der Waals surface area (Å²) in [7, 11) is 4.63. The van der Waals surface area contributed by atoms with Crippen LogP contribution in [-0.4, -0.2) is 33.7 Å². The van der Waals surface area contributed by atoms with Crippen LogP contribution in [0.4, 0.5) is 0 Å². The number of fused-ring (bicyclic) bond motifs is 1. The average Bonchev–Trinajstić information content (AvgIpc) is 3.16. The first-order valence-electron chi connectivity index (χ1n) is 10.8. The fraction of sp³-hybridized carbons (Fsp3) is 0.179. The zero-order valence-electron chi connectivity index (χ0n) is 19.6. The molecule has 1 aliphatic rings. The van der Waals surface area contributed by atoms with Gasteiger partial charge in [-0.2, -0.15) is 0 Å². The lowest BCUT2D eigenvalue weighted by atomic mass is 10.0. The maximum absolute atomic E-state index is 13.1. The van der Waals surface area contributed by atoms with Crippen molar-refractivity contribution in [3.8, 4) is 28.7 Å². The van der Waals surface area contributed by atoms with Gasteiger partial charge in [-0.25, -0.2) is 0 Å². The van der Waals surface area contributed by atoms with Gasteiger partial charge in [0.15, 0.2) is 17.3 Å². The number of benzene rings is 3. The quantitative estimate of drug-likeness (QED) is 0.402. The molecule has 0 bridgehead atoms. The van der Waals surface area contributed by atoms with Crippen LogP contribution in [0, 0.1) is 6.92 Å². The highest BCUT2D eigenvalue weighted by Crippen LogP contribution is 2.41. The molecule has 174 valence electrons. The second-order valence-electron chi connectivity index (χ2n) is 7.64. The van der Waals surface area contributed by atoms with Gasteiger partial charge < -0.3 is 23.7 Å². The van der Waals surface area contributed by atoms with Crippen LogP contribution in [0.15, 0.2) is 66.4 Å². The first kappa shape index (κ1) is 23.0. The van der Waals surface area contributed by atoms with Gasteiger partial charge >= 0.3 is 0 Å². The minimum Gasteiger partial charge on any atom is -0.493 e. The number of ether oxygens (including phenoxy) is 5. The lowest BCUT2D eigenvalue weighted by Crippen LogP contribution is -2.00. The van der Waals surface area contributed by atoms with E-state index in [0.717, 1.165) is 11.1 Å². The Balaban J connectivity index is 1.54. The lowest BCUT2D eigenvalue weighted by molar-refractivity contribution is 0.101. The highest BCUT2D eigenvalue weighted by Gasteiger charge is 2.30. The highest BCUT2D eigenvalue weighted by molar-refractivity contribution is 6.15. The maximum atomic E-state index is 13.1. The Bertz CT molecular complexity index is 1230. The monoisotopic (exact) mass is 458 g/mol. The molecule has 0 spiro atoms. The molecule has 0 amide bonds. The standard InChI is InChI=1S/C28H26O6/c1-18-13-21(33-12-8-11-19-9-6-5-7-10-19)17-22-26(18)27(29)23(34-22)14-20-15-24(30-2)28(32-4)25(16-20)31-3/h5-11,13-17H,12H2,1-4H3/b11-8+,23-14-. The lowest BCUT2D eigenvalue weighted by Gasteiger charge is -2.13. The minimum absolute atomic E-state index is 0.184. The Morgan fingerprint density at radius 1 is 0.882 bits per heavy atom. The van der Waals surface area contributed by atoms with E-state index in [1.165, 1.54) is 0 Å². The zero-order valence-corrected chi connectivity index (χ0v) is 19.6. The average molecular weight is 459 g/mol. The Kier molecular flexibility index (Phi) is 6.87. The number of hydrogen-bond donors (Lipinski definition) is 0. The highest BCUT2D eigenvalue weighted by atomic mass is 16.5. The maximum Gasteiger partial charge on any atom is 0.232 e. The van der Waals surface area contributed by atoms with Gasteiger partial charge in [0.1, 0.15) is 18.1 Å². The molecule has 34 heavy (non-hydrogen) atoms. The van der Waals surface area contributed by atoms with Crippen LogP contribution in [-0.2, 0) is 0 Å². The summed E-state index contributed by atoms with van der Waals surface area (Å²) in [5, 5.41) is 0. The second kappa shape index (κ2) is 10.2. The van der Waals surface area contributed by atoms with Crippen molar-refractivity contribution in [2.45, 2.75) is 6.92 Å². The summed E-state index contributed by atoms with van der Waals surface area (Å²) in [5.74, 6) is 2.61. The van der Waals surface area contributed by atoms with Crippen LogP contribution >= 0.6 is 0 Å². The molecule has 4 rings (SSSR count). The van der Waals surface area contributed by atoms with Crippen molar-refractivity contribution in [1.29, 1.82) is 0 Å². The van der Waals surface area contributed by atoms with Gasteiger partial charge in [-0.15, -0.1) is 0 Å². The number of Topliss-reactive ketones (excluding diaryl/α,β-unsaturated/α-hetero) is 1. The van der Waals surface area contributed by atoms with Gasteiger partial charge in [-0.3, -0.25) is 4.79 Å². The van der Waals surface area contributed by atoms with E-state index in [0.29, 0.717) is 46.5 Å². The fourth-order valence-corrected chi connectivity index (χ4v) is 3.79. The predicted molar refractivity (Wildman–Crippen MR) is 131 cm³/mol. The number of hydrogen-bond acceptors (Lipinski definition) is 6. The Morgan fingerprint density at radius 2 is 1.59 bits per heavy atom. The van der Waals surface area contributed by atoms with Crippen molar-refractivity contribution < 1.29 is 28.5 Å². The molecule has 0 aliphatic carbocycles. The van der Waals surface area contributed by atoms with Crippen LogP contribution in [0.25, 0.3) is 12.2 Å². The summed E-state index contributed by atoms with van der Waals surface area (Å²) in [4.78, 5) is 13.1. The first-order valence-corrected chi connectivity index (χ1v) is 10.8. The number of carbonyl (C=O) groups is 1. The van der Waals surface area contributed by atoms with Crippen molar-refractivity contribution in [2.75, 3.05) is 27.9 Å². The van der Waals surface area contributed by atoms with Crippen molar-refractivity contribution in [3.63, 3.8) is 0 Å². The summed E-state index contributed by atoms with van der Waals surface area (Å²) >= 11 is 0. The smallest absolute Gasteiger partial charge is 0.232 e. The molecule has 0 N–H and O–H groups in total. The van der Waals surface area contributed by atoms with E-state index >= 15 is 0 Å². The van der Waals surface area contributed by atoms with E-state index < -0.39 is 0 Å². The molecule has 0 unspecified atom stereocenters. The van der Waals surface area contributed by atoms with Crippen molar-refractivity contribution >= 4 is 17.9 Å². The van der Waals surface area contributed by atoms with E-state index in [4.69, 9.17) is 23.7 Å². The van der Waals surface area contributed by atoms with Crippen molar-refractivity contribution in [3.05, 3.63) is 88.7 Å². The SMILES string of the molecule is COc1cc(/C=C2\Oc3cc(OC/C=C/c4ccccc4)cc(C)c3C2=O)cc(OC)c1OC. The molecule has 0 fully saturated rings. The summed E-state index contributed by atoms with van der Waals surface area (Å²) < 4.78 is 28.0. The molecular formula is C28H26O6. The van der Waals surface area contributed by atoms with Gasteiger partial charge in [0.05, 0.1) is 26.9 Å².